The van der Waals surface area contributed by atoms with Crippen LogP contribution in [0, 0.1) is 0 Å². The Labute approximate surface area is 123 Å². The van der Waals surface area contributed by atoms with Gasteiger partial charge in [0.05, 0.1) is 12.1 Å². The minimum Gasteiger partial charge on any atom is -0.497 e. The second kappa shape index (κ2) is 6.96. The topological polar surface area (TPSA) is 41.6 Å². The molecule has 5 heteroatoms. The van der Waals surface area contributed by atoms with E-state index < -0.39 is 0 Å². The molecule has 0 unspecified atom stereocenters. The fourth-order valence-corrected chi connectivity index (χ4v) is 2.69. The number of amides is 1. The van der Waals surface area contributed by atoms with Crippen LogP contribution in [-0.2, 0) is 4.79 Å². The minimum absolute atomic E-state index is 0.0122. The summed E-state index contributed by atoms with van der Waals surface area (Å²) in [5, 5.41) is 6.01. The Balaban J connectivity index is 2.19. The fraction of sp³-hybridized carbons (Fsp3) is 0.267. The SMILES string of the molecule is COc1cccc(N(CCNC(C)=O)c2cccs2)c1. The Morgan fingerprint density at radius 3 is 2.85 bits per heavy atom. The zero-order valence-electron chi connectivity index (χ0n) is 11.6. The van der Waals surface area contributed by atoms with Crippen LogP contribution in [0.2, 0.25) is 0 Å². The quantitative estimate of drug-likeness (QED) is 0.889. The van der Waals surface area contributed by atoms with Gasteiger partial charge in [0, 0.05) is 31.8 Å². The first-order valence-corrected chi connectivity index (χ1v) is 7.28. The van der Waals surface area contributed by atoms with Crippen LogP contribution in [-0.4, -0.2) is 26.1 Å². The van der Waals surface area contributed by atoms with E-state index in [0.717, 1.165) is 16.4 Å². The molecule has 1 N–H and O–H groups in total. The summed E-state index contributed by atoms with van der Waals surface area (Å²) in [6.07, 6.45) is 0. The first kappa shape index (κ1) is 14.4. The smallest absolute Gasteiger partial charge is 0.216 e. The van der Waals surface area contributed by atoms with Crippen LogP contribution < -0.4 is 15.0 Å². The molecule has 0 aliphatic rings. The second-order valence-corrected chi connectivity index (χ2v) is 5.21. The van der Waals surface area contributed by atoms with Crippen molar-refractivity contribution in [3.05, 3.63) is 41.8 Å². The van der Waals surface area contributed by atoms with Crippen LogP contribution in [0.5, 0.6) is 5.75 Å². The highest BCUT2D eigenvalue weighted by Crippen LogP contribution is 2.31. The Morgan fingerprint density at radius 2 is 2.20 bits per heavy atom. The average Bonchev–Trinajstić information content (AvgIpc) is 2.97. The maximum atomic E-state index is 11.0. The lowest BCUT2D eigenvalue weighted by atomic mass is 10.2. The van der Waals surface area contributed by atoms with Gasteiger partial charge < -0.3 is 15.0 Å². The van der Waals surface area contributed by atoms with Crippen molar-refractivity contribution in [3.8, 4) is 5.75 Å². The number of anilines is 2. The van der Waals surface area contributed by atoms with Gasteiger partial charge >= 0.3 is 0 Å². The lowest BCUT2D eigenvalue weighted by molar-refractivity contribution is -0.118. The third kappa shape index (κ3) is 3.74. The number of hydrogen-bond donors (Lipinski definition) is 1. The normalized spacial score (nSPS) is 10.1. The molecule has 4 nitrogen and oxygen atoms in total. The molecule has 1 heterocycles. The first-order valence-electron chi connectivity index (χ1n) is 6.40. The Bertz CT molecular complexity index is 555. The predicted octanol–water partition coefficient (Wildman–Crippen LogP) is 3.03. The number of ether oxygens (including phenoxy) is 1. The van der Waals surface area contributed by atoms with Crippen molar-refractivity contribution in [2.24, 2.45) is 0 Å². The number of nitrogens with zero attached hydrogens (tertiary/aromatic N) is 1. The van der Waals surface area contributed by atoms with Crippen LogP contribution >= 0.6 is 11.3 Å². The Kier molecular flexibility index (Phi) is 5.01. The van der Waals surface area contributed by atoms with Crippen molar-refractivity contribution in [3.63, 3.8) is 0 Å². The van der Waals surface area contributed by atoms with Crippen molar-refractivity contribution >= 4 is 27.9 Å². The van der Waals surface area contributed by atoms with E-state index in [9.17, 15) is 4.79 Å². The van der Waals surface area contributed by atoms with E-state index in [-0.39, 0.29) is 5.91 Å². The number of rotatable bonds is 6. The summed E-state index contributed by atoms with van der Waals surface area (Å²) in [5.74, 6) is 0.811. The summed E-state index contributed by atoms with van der Waals surface area (Å²) in [6.45, 7) is 2.85. The Hall–Kier alpha value is -2.01. The molecular weight excluding hydrogens is 272 g/mol. The van der Waals surface area contributed by atoms with E-state index in [4.69, 9.17) is 4.74 Å². The van der Waals surface area contributed by atoms with E-state index in [1.54, 1.807) is 18.4 Å². The second-order valence-electron chi connectivity index (χ2n) is 4.29. The summed E-state index contributed by atoms with van der Waals surface area (Å²) in [4.78, 5) is 13.2. The molecule has 0 radical (unpaired) electrons. The van der Waals surface area contributed by atoms with Crippen molar-refractivity contribution < 1.29 is 9.53 Å². The molecule has 0 saturated carbocycles. The van der Waals surface area contributed by atoms with Gasteiger partial charge in [0.2, 0.25) is 5.91 Å². The molecule has 0 spiro atoms. The summed E-state index contributed by atoms with van der Waals surface area (Å²) in [5.41, 5.74) is 1.05. The van der Waals surface area contributed by atoms with Gasteiger partial charge in [0.25, 0.3) is 0 Å². The number of benzene rings is 1. The Morgan fingerprint density at radius 1 is 1.35 bits per heavy atom. The van der Waals surface area contributed by atoms with Gasteiger partial charge in [0.15, 0.2) is 0 Å². The molecule has 0 saturated heterocycles. The molecule has 1 aromatic carbocycles. The van der Waals surface area contributed by atoms with E-state index in [1.165, 1.54) is 6.92 Å². The lowest BCUT2D eigenvalue weighted by Gasteiger charge is -2.23. The van der Waals surface area contributed by atoms with Gasteiger partial charge in [-0.3, -0.25) is 4.79 Å². The van der Waals surface area contributed by atoms with Crippen LogP contribution in [0.15, 0.2) is 41.8 Å². The summed E-state index contributed by atoms with van der Waals surface area (Å²) < 4.78 is 5.27. The van der Waals surface area contributed by atoms with Gasteiger partial charge in [-0.15, -0.1) is 11.3 Å². The highest BCUT2D eigenvalue weighted by Gasteiger charge is 2.11. The zero-order chi connectivity index (χ0) is 14.4. The van der Waals surface area contributed by atoms with Crippen LogP contribution in [0.25, 0.3) is 0 Å². The molecule has 2 aromatic rings. The molecule has 106 valence electrons. The van der Waals surface area contributed by atoms with Gasteiger partial charge in [-0.05, 0) is 29.6 Å². The molecule has 0 fully saturated rings. The van der Waals surface area contributed by atoms with Crippen LogP contribution in [0.3, 0.4) is 0 Å². The van der Waals surface area contributed by atoms with Crippen molar-refractivity contribution in [2.75, 3.05) is 25.1 Å². The maximum absolute atomic E-state index is 11.0. The van der Waals surface area contributed by atoms with Crippen molar-refractivity contribution in [1.82, 2.24) is 5.32 Å². The van der Waals surface area contributed by atoms with Gasteiger partial charge in [-0.1, -0.05) is 6.07 Å². The summed E-state index contributed by atoms with van der Waals surface area (Å²) in [7, 11) is 1.66. The molecule has 2 rings (SSSR count). The fourth-order valence-electron chi connectivity index (χ4n) is 1.91. The molecule has 0 bridgehead atoms. The molecule has 0 aliphatic heterocycles. The average molecular weight is 290 g/mol. The van der Waals surface area contributed by atoms with Crippen molar-refractivity contribution in [2.45, 2.75) is 6.92 Å². The summed E-state index contributed by atoms with van der Waals surface area (Å²) in [6, 6.07) is 12.0. The van der Waals surface area contributed by atoms with Gasteiger partial charge in [0.1, 0.15) is 5.75 Å². The number of hydrogen-bond acceptors (Lipinski definition) is 4. The van der Waals surface area contributed by atoms with Crippen LogP contribution in [0.4, 0.5) is 10.7 Å². The first-order chi connectivity index (χ1) is 9.70. The number of thiophene rings is 1. The van der Waals surface area contributed by atoms with E-state index in [2.05, 4.69) is 16.3 Å². The molecule has 0 atom stereocenters. The number of carbonyl (C=O) groups is 1. The van der Waals surface area contributed by atoms with E-state index in [1.807, 2.05) is 35.7 Å². The number of methoxy groups -OCH3 is 1. The van der Waals surface area contributed by atoms with Crippen LogP contribution in [0.1, 0.15) is 6.92 Å². The monoisotopic (exact) mass is 290 g/mol. The lowest BCUT2D eigenvalue weighted by Crippen LogP contribution is -2.31. The third-order valence-corrected chi connectivity index (χ3v) is 3.74. The van der Waals surface area contributed by atoms with Gasteiger partial charge in [-0.2, -0.15) is 0 Å². The number of nitrogens with one attached hydrogen (secondary N) is 1. The van der Waals surface area contributed by atoms with Crippen molar-refractivity contribution in [1.29, 1.82) is 0 Å². The third-order valence-electron chi connectivity index (χ3n) is 2.85. The molecule has 0 aliphatic carbocycles. The molecule has 20 heavy (non-hydrogen) atoms. The standard InChI is InChI=1S/C15H18N2O2S/c1-12(18)16-8-9-17(15-7-4-10-20-15)13-5-3-6-14(11-13)19-2/h3-7,10-11H,8-9H2,1-2H3,(H,16,18). The highest BCUT2D eigenvalue weighted by atomic mass is 32.1. The predicted molar refractivity (Wildman–Crippen MR) is 83.0 cm³/mol. The summed E-state index contributed by atoms with van der Waals surface area (Å²) >= 11 is 1.67. The zero-order valence-corrected chi connectivity index (χ0v) is 12.4. The van der Waals surface area contributed by atoms with Gasteiger partial charge in [-0.25, -0.2) is 0 Å². The maximum Gasteiger partial charge on any atom is 0.216 e. The highest BCUT2D eigenvalue weighted by molar-refractivity contribution is 7.14. The molecule has 1 aromatic heterocycles. The minimum atomic E-state index is -0.0122. The van der Waals surface area contributed by atoms with E-state index in [0.29, 0.717) is 13.1 Å². The molecule has 1 amide bonds. The molecular formula is C15H18N2O2S. The largest absolute Gasteiger partial charge is 0.497 e. The number of carbonyl (C=O) groups excluding carboxylic acids is 1. The van der Waals surface area contributed by atoms with E-state index >= 15 is 0 Å².